The molecule has 2 rings (SSSR count). The minimum absolute atomic E-state index is 0.0577. The normalized spacial score (nSPS) is 30.1. The molecule has 1 saturated carbocycles. The summed E-state index contributed by atoms with van der Waals surface area (Å²) >= 11 is 0. The maximum absolute atomic E-state index is 12.6. The van der Waals surface area contributed by atoms with E-state index >= 15 is 0 Å². The molecule has 7 heteroatoms. The Labute approximate surface area is 141 Å². The van der Waals surface area contributed by atoms with Crippen LogP contribution in [0, 0.1) is 11.3 Å². The summed E-state index contributed by atoms with van der Waals surface area (Å²) in [6, 6.07) is -0.974. The summed E-state index contributed by atoms with van der Waals surface area (Å²) in [6.07, 6.45) is -0.730. The van der Waals surface area contributed by atoms with E-state index in [9.17, 15) is 19.2 Å². The average Bonchev–Trinajstić information content (AvgIpc) is 2.72. The van der Waals surface area contributed by atoms with E-state index in [4.69, 9.17) is 9.47 Å². The van der Waals surface area contributed by atoms with Gasteiger partial charge in [0.1, 0.15) is 23.2 Å². The largest absolute Gasteiger partial charge is 0.464 e. The van der Waals surface area contributed by atoms with E-state index in [2.05, 4.69) is 0 Å². The van der Waals surface area contributed by atoms with Gasteiger partial charge in [-0.25, -0.2) is 9.59 Å². The predicted molar refractivity (Wildman–Crippen MR) is 84.2 cm³/mol. The number of carbonyl (C=O) groups excluding carboxylic acids is 4. The van der Waals surface area contributed by atoms with Crippen molar-refractivity contribution in [2.45, 2.75) is 59.1 Å². The van der Waals surface area contributed by atoms with Crippen LogP contribution < -0.4 is 0 Å². The number of Topliss-reactive ketones (excluding diaryl/α,β-unsaturated/α-hetero) is 2. The molecule has 0 N–H and O–H groups in total. The van der Waals surface area contributed by atoms with Gasteiger partial charge >= 0.3 is 12.1 Å². The lowest BCUT2D eigenvalue weighted by atomic mass is 9.66. The molecule has 134 valence electrons. The fourth-order valence-electron chi connectivity index (χ4n) is 3.48. The molecular weight excluding hydrogens is 314 g/mol. The number of hydrogen-bond acceptors (Lipinski definition) is 6. The number of rotatable bonds is 2. The minimum Gasteiger partial charge on any atom is -0.464 e. The summed E-state index contributed by atoms with van der Waals surface area (Å²) in [7, 11) is 0. The highest BCUT2D eigenvalue weighted by molar-refractivity contribution is 6.06. The van der Waals surface area contributed by atoms with Crippen molar-refractivity contribution >= 4 is 23.6 Å². The number of fused-ring (bicyclic) bond motifs is 1. The molecule has 1 aliphatic heterocycles. The number of esters is 1. The van der Waals surface area contributed by atoms with Gasteiger partial charge < -0.3 is 9.47 Å². The highest BCUT2D eigenvalue weighted by atomic mass is 16.6. The summed E-state index contributed by atoms with van der Waals surface area (Å²) in [5.74, 6) is -1.61. The van der Waals surface area contributed by atoms with Crippen molar-refractivity contribution in [3.8, 4) is 0 Å². The van der Waals surface area contributed by atoms with E-state index in [-0.39, 0.29) is 37.6 Å². The van der Waals surface area contributed by atoms with Crippen molar-refractivity contribution in [3.05, 3.63) is 0 Å². The van der Waals surface area contributed by atoms with Crippen LogP contribution in [0.15, 0.2) is 0 Å². The van der Waals surface area contributed by atoms with Crippen LogP contribution in [0.1, 0.15) is 47.5 Å². The Morgan fingerprint density at radius 2 is 1.92 bits per heavy atom. The molecule has 7 nitrogen and oxygen atoms in total. The smallest absolute Gasteiger partial charge is 0.411 e. The van der Waals surface area contributed by atoms with Gasteiger partial charge in [-0.05, 0) is 27.7 Å². The van der Waals surface area contributed by atoms with Crippen molar-refractivity contribution in [1.82, 2.24) is 4.90 Å². The molecule has 24 heavy (non-hydrogen) atoms. The Kier molecular flexibility index (Phi) is 4.74. The Morgan fingerprint density at radius 3 is 2.46 bits per heavy atom. The molecule has 1 aliphatic carbocycles. The number of amides is 1. The first-order valence-electron chi connectivity index (χ1n) is 8.21. The van der Waals surface area contributed by atoms with Gasteiger partial charge in [0.05, 0.1) is 18.4 Å². The summed E-state index contributed by atoms with van der Waals surface area (Å²) in [5.41, 5.74) is -1.66. The Balaban J connectivity index is 2.38. The van der Waals surface area contributed by atoms with Crippen molar-refractivity contribution < 1.29 is 28.7 Å². The average molecular weight is 339 g/mol. The van der Waals surface area contributed by atoms with Crippen LogP contribution in [-0.2, 0) is 23.9 Å². The number of nitrogens with zero attached hydrogens (tertiary/aromatic N) is 1. The lowest BCUT2D eigenvalue weighted by Crippen LogP contribution is -2.47. The van der Waals surface area contributed by atoms with E-state index < -0.39 is 35.0 Å². The number of ketones is 2. The van der Waals surface area contributed by atoms with Crippen molar-refractivity contribution in [2.24, 2.45) is 11.3 Å². The highest BCUT2D eigenvalue weighted by Gasteiger charge is 2.61. The second-order valence-electron chi connectivity index (χ2n) is 7.67. The number of hydrogen-bond donors (Lipinski definition) is 0. The van der Waals surface area contributed by atoms with Crippen molar-refractivity contribution in [3.63, 3.8) is 0 Å². The molecule has 0 aromatic heterocycles. The SMILES string of the molecule is CCOC(=O)[C@@H]1[C@H]2CC(=O)CC(=O)[C@@]2(C)CN1C(=O)OC(C)(C)C. The first-order valence-corrected chi connectivity index (χ1v) is 8.21. The number of likely N-dealkylation sites (tertiary alicyclic amines) is 1. The molecule has 0 unspecified atom stereocenters. The Bertz CT molecular complexity index is 578. The maximum Gasteiger partial charge on any atom is 0.411 e. The first kappa shape index (κ1) is 18.4. The van der Waals surface area contributed by atoms with Crippen LogP contribution in [0.3, 0.4) is 0 Å². The quantitative estimate of drug-likeness (QED) is 0.562. The molecule has 1 heterocycles. The zero-order valence-electron chi connectivity index (χ0n) is 14.9. The zero-order valence-corrected chi connectivity index (χ0v) is 14.9. The third-order valence-electron chi connectivity index (χ3n) is 4.63. The summed E-state index contributed by atoms with van der Waals surface area (Å²) in [5, 5.41) is 0. The molecular formula is C17H25NO6. The lowest BCUT2D eigenvalue weighted by Gasteiger charge is -2.33. The molecule has 3 atom stereocenters. The molecule has 0 aromatic rings. The lowest BCUT2D eigenvalue weighted by molar-refractivity contribution is -0.151. The standard InChI is InChI=1S/C17H25NO6/c1-6-23-14(21)13-11-7-10(19)8-12(20)17(11,5)9-18(13)15(22)24-16(2,3)4/h11,13H,6-9H2,1-5H3/t11-,13+,17+/m1/s1. The predicted octanol–water partition coefficient (Wildman–Crippen LogP) is 1.72. The topological polar surface area (TPSA) is 90.0 Å². The van der Waals surface area contributed by atoms with Crippen LogP contribution in [0.2, 0.25) is 0 Å². The monoisotopic (exact) mass is 339 g/mol. The second kappa shape index (κ2) is 6.18. The van der Waals surface area contributed by atoms with Gasteiger partial charge in [-0.2, -0.15) is 0 Å². The molecule has 2 aliphatic rings. The Hall–Kier alpha value is -1.92. The van der Waals surface area contributed by atoms with Crippen molar-refractivity contribution in [1.29, 1.82) is 0 Å². The van der Waals surface area contributed by atoms with E-state index in [1.54, 1.807) is 34.6 Å². The number of carbonyl (C=O) groups is 4. The molecule has 0 spiro atoms. The van der Waals surface area contributed by atoms with Gasteiger partial charge in [-0.15, -0.1) is 0 Å². The summed E-state index contributed by atoms with van der Waals surface area (Å²) in [6.45, 7) is 8.77. The molecule has 0 bridgehead atoms. The van der Waals surface area contributed by atoms with Crippen LogP contribution in [0.25, 0.3) is 0 Å². The van der Waals surface area contributed by atoms with Gasteiger partial charge in [0.15, 0.2) is 0 Å². The third kappa shape index (κ3) is 3.30. The maximum atomic E-state index is 12.6. The minimum atomic E-state index is -0.974. The molecule has 1 amide bonds. The van der Waals surface area contributed by atoms with E-state index in [0.29, 0.717) is 0 Å². The van der Waals surface area contributed by atoms with Gasteiger partial charge in [0.2, 0.25) is 0 Å². The first-order chi connectivity index (χ1) is 11.0. The third-order valence-corrected chi connectivity index (χ3v) is 4.63. The molecule has 1 saturated heterocycles. The van der Waals surface area contributed by atoms with E-state index in [1.807, 2.05) is 0 Å². The molecule has 0 radical (unpaired) electrons. The van der Waals surface area contributed by atoms with E-state index in [1.165, 1.54) is 4.90 Å². The van der Waals surface area contributed by atoms with Crippen LogP contribution in [0.4, 0.5) is 4.79 Å². The van der Waals surface area contributed by atoms with Gasteiger partial charge in [-0.1, -0.05) is 6.92 Å². The fourth-order valence-corrected chi connectivity index (χ4v) is 3.48. The second-order valence-corrected chi connectivity index (χ2v) is 7.67. The van der Waals surface area contributed by atoms with Crippen LogP contribution in [0.5, 0.6) is 0 Å². The highest BCUT2D eigenvalue weighted by Crippen LogP contribution is 2.47. The van der Waals surface area contributed by atoms with Crippen LogP contribution >= 0.6 is 0 Å². The van der Waals surface area contributed by atoms with Gasteiger partial charge in [-0.3, -0.25) is 14.5 Å². The van der Waals surface area contributed by atoms with Crippen molar-refractivity contribution in [2.75, 3.05) is 13.2 Å². The molecule has 0 aromatic carbocycles. The summed E-state index contributed by atoms with van der Waals surface area (Å²) < 4.78 is 10.5. The van der Waals surface area contributed by atoms with E-state index in [0.717, 1.165) is 0 Å². The zero-order chi connectivity index (χ0) is 18.3. The Morgan fingerprint density at radius 1 is 1.29 bits per heavy atom. The molecule has 2 fully saturated rings. The van der Waals surface area contributed by atoms with Gasteiger partial charge in [0.25, 0.3) is 0 Å². The number of ether oxygens (including phenoxy) is 2. The summed E-state index contributed by atoms with van der Waals surface area (Å²) in [4.78, 5) is 50.6. The fraction of sp³-hybridized carbons (Fsp3) is 0.765. The van der Waals surface area contributed by atoms with Gasteiger partial charge in [0, 0.05) is 18.9 Å². The van der Waals surface area contributed by atoms with Crippen LogP contribution in [-0.4, -0.2) is 53.3 Å².